The van der Waals surface area contributed by atoms with Gasteiger partial charge in [0.15, 0.2) is 0 Å². The lowest BCUT2D eigenvalue weighted by molar-refractivity contribution is -0.137. The molecule has 0 aliphatic heterocycles. The largest absolute Gasteiger partial charge is 0.496 e. The minimum absolute atomic E-state index is 0.111. The summed E-state index contributed by atoms with van der Waals surface area (Å²) < 4.78 is 44.8. The fourth-order valence-corrected chi connectivity index (χ4v) is 3.94. The molecule has 3 aromatic rings. The highest BCUT2D eigenvalue weighted by Gasteiger charge is 2.30. The van der Waals surface area contributed by atoms with E-state index in [-0.39, 0.29) is 18.0 Å². The number of nitrogens with zero attached hydrogens (tertiary/aromatic N) is 2. The van der Waals surface area contributed by atoms with Gasteiger partial charge >= 0.3 is 12.1 Å². The van der Waals surface area contributed by atoms with Crippen LogP contribution in [0.25, 0.3) is 10.9 Å². The highest BCUT2D eigenvalue weighted by Crippen LogP contribution is 2.37. The molecule has 1 aliphatic carbocycles. The molecule has 0 spiro atoms. The molecule has 0 amide bonds. The molecule has 1 atom stereocenters. The van der Waals surface area contributed by atoms with Crippen LogP contribution in [-0.4, -0.2) is 28.2 Å². The van der Waals surface area contributed by atoms with Crippen LogP contribution in [0.4, 0.5) is 19.0 Å². The Kier molecular flexibility index (Phi) is 6.28. The van der Waals surface area contributed by atoms with Crippen LogP contribution in [0.15, 0.2) is 60.2 Å². The van der Waals surface area contributed by atoms with Gasteiger partial charge in [0, 0.05) is 29.5 Å². The number of allylic oxidation sites excluding steroid dienone is 2. The number of hydrogen-bond donors (Lipinski definition) is 2. The topological polar surface area (TPSA) is 84.3 Å². The summed E-state index contributed by atoms with van der Waals surface area (Å²) in [6.07, 6.45) is 1.12. The molecular weight excluding hydrogens is 447 g/mol. The first-order valence-corrected chi connectivity index (χ1v) is 10.5. The third-order valence-corrected chi connectivity index (χ3v) is 5.62. The molecule has 4 rings (SSSR count). The van der Waals surface area contributed by atoms with Crippen molar-refractivity contribution in [3.63, 3.8) is 0 Å². The zero-order valence-corrected chi connectivity index (χ0v) is 18.5. The van der Waals surface area contributed by atoms with Crippen molar-refractivity contribution < 1.29 is 27.8 Å². The molecule has 1 aliphatic rings. The van der Waals surface area contributed by atoms with E-state index in [2.05, 4.69) is 15.3 Å². The number of benzene rings is 2. The summed E-state index contributed by atoms with van der Waals surface area (Å²) in [4.78, 5) is 20.2. The molecule has 9 heteroatoms. The summed E-state index contributed by atoms with van der Waals surface area (Å²) in [5.41, 5.74) is 1.45. The SMILES string of the molecule is COc1cc2nc(C)nc(NCc3cccc(C(F)(F)F)c3)c2cc1C1C=CC(C(=O)O)=CC1. The lowest BCUT2D eigenvalue weighted by Crippen LogP contribution is -2.09. The van der Waals surface area contributed by atoms with Crippen LogP contribution in [0.5, 0.6) is 5.75 Å². The van der Waals surface area contributed by atoms with Gasteiger partial charge in [0.05, 0.1) is 23.8 Å². The van der Waals surface area contributed by atoms with Crippen LogP contribution in [0.3, 0.4) is 0 Å². The third kappa shape index (κ3) is 4.88. The number of aliphatic carboxylic acids is 1. The number of alkyl halides is 3. The van der Waals surface area contributed by atoms with Crippen LogP contribution < -0.4 is 10.1 Å². The Hall–Kier alpha value is -3.88. The molecule has 34 heavy (non-hydrogen) atoms. The molecule has 1 aromatic heterocycles. The van der Waals surface area contributed by atoms with E-state index in [1.165, 1.54) is 6.07 Å². The number of aryl methyl sites for hydroxylation is 1. The summed E-state index contributed by atoms with van der Waals surface area (Å²) in [7, 11) is 1.55. The number of hydrogen-bond acceptors (Lipinski definition) is 5. The number of carboxylic acids is 1. The van der Waals surface area contributed by atoms with E-state index in [4.69, 9.17) is 4.74 Å². The number of methoxy groups -OCH3 is 1. The molecule has 6 nitrogen and oxygen atoms in total. The third-order valence-electron chi connectivity index (χ3n) is 5.62. The molecule has 0 saturated heterocycles. The first-order chi connectivity index (χ1) is 16.2. The second kappa shape index (κ2) is 9.17. The summed E-state index contributed by atoms with van der Waals surface area (Å²) in [5, 5.41) is 13.0. The van der Waals surface area contributed by atoms with Gasteiger partial charge in [-0.1, -0.05) is 30.4 Å². The predicted molar refractivity (Wildman–Crippen MR) is 122 cm³/mol. The van der Waals surface area contributed by atoms with Crippen LogP contribution in [-0.2, 0) is 17.5 Å². The first-order valence-electron chi connectivity index (χ1n) is 10.5. The van der Waals surface area contributed by atoms with Crippen molar-refractivity contribution in [3.8, 4) is 5.75 Å². The summed E-state index contributed by atoms with van der Waals surface area (Å²) in [6, 6.07) is 8.81. The number of carbonyl (C=O) groups is 1. The number of aromatic nitrogens is 2. The van der Waals surface area contributed by atoms with Crippen molar-refractivity contribution in [3.05, 3.63) is 82.7 Å². The van der Waals surface area contributed by atoms with Crippen LogP contribution >= 0.6 is 0 Å². The number of halogens is 3. The normalized spacial score (nSPS) is 15.8. The Morgan fingerprint density at radius 3 is 2.68 bits per heavy atom. The van der Waals surface area contributed by atoms with E-state index in [0.717, 1.165) is 17.7 Å². The summed E-state index contributed by atoms with van der Waals surface area (Å²) in [5.74, 6) is 0.507. The molecule has 176 valence electrons. The van der Waals surface area contributed by atoms with Crippen molar-refractivity contribution in [2.24, 2.45) is 0 Å². The average molecular weight is 469 g/mol. The van der Waals surface area contributed by atoms with Gasteiger partial charge in [-0.25, -0.2) is 14.8 Å². The quantitative estimate of drug-likeness (QED) is 0.487. The molecule has 2 aromatic carbocycles. The number of ether oxygens (including phenoxy) is 1. The molecule has 0 saturated carbocycles. The summed E-state index contributed by atoms with van der Waals surface area (Å²) in [6.45, 7) is 1.88. The number of fused-ring (bicyclic) bond motifs is 1. The minimum Gasteiger partial charge on any atom is -0.496 e. The van der Waals surface area contributed by atoms with Gasteiger partial charge in [-0.3, -0.25) is 0 Å². The minimum atomic E-state index is -4.41. The number of carboxylic acid groups (broad SMARTS) is 1. The second-order valence-electron chi connectivity index (χ2n) is 7.95. The van der Waals surface area contributed by atoms with E-state index < -0.39 is 17.7 Å². The Morgan fingerprint density at radius 2 is 2.03 bits per heavy atom. The molecule has 2 N–H and O–H groups in total. The number of rotatable bonds is 6. The van der Waals surface area contributed by atoms with Crippen LogP contribution in [0, 0.1) is 6.92 Å². The molecule has 0 fully saturated rings. The van der Waals surface area contributed by atoms with Gasteiger partial charge in [-0.15, -0.1) is 0 Å². The van der Waals surface area contributed by atoms with E-state index >= 15 is 0 Å². The van der Waals surface area contributed by atoms with Crippen LogP contribution in [0.1, 0.15) is 34.9 Å². The maximum Gasteiger partial charge on any atom is 0.416 e. The highest BCUT2D eigenvalue weighted by atomic mass is 19.4. The van der Waals surface area contributed by atoms with Gasteiger partial charge in [0.2, 0.25) is 0 Å². The maximum atomic E-state index is 13.1. The Morgan fingerprint density at radius 1 is 1.24 bits per heavy atom. The summed E-state index contributed by atoms with van der Waals surface area (Å²) >= 11 is 0. The van der Waals surface area contributed by atoms with Crippen molar-refractivity contribution >= 4 is 22.7 Å². The van der Waals surface area contributed by atoms with Crippen molar-refractivity contribution in [2.45, 2.75) is 32.0 Å². The highest BCUT2D eigenvalue weighted by molar-refractivity contribution is 5.92. The first kappa shape index (κ1) is 23.3. The Bertz CT molecular complexity index is 1320. The monoisotopic (exact) mass is 469 g/mol. The molecule has 0 bridgehead atoms. The molecule has 1 unspecified atom stereocenters. The van der Waals surface area contributed by atoms with Crippen LogP contribution in [0.2, 0.25) is 0 Å². The zero-order chi connectivity index (χ0) is 24.5. The van der Waals surface area contributed by atoms with Crippen molar-refractivity contribution in [1.82, 2.24) is 9.97 Å². The number of nitrogens with one attached hydrogen (secondary N) is 1. The van der Waals surface area contributed by atoms with E-state index in [1.54, 1.807) is 38.3 Å². The zero-order valence-electron chi connectivity index (χ0n) is 18.5. The van der Waals surface area contributed by atoms with Crippen molar-refractivity contribution in [1.29, 1.82) is 0 Å². The Balaban J connectivity index is 1.69. The molecule has 0 radical (unpaired) electrons. The molecular formula is C25H22F3N3O3. The smallest absolute Gasteiger partial charge is 0.416 e. The van der Waals surface area contributed by atoms with Gasteiger partial charge in [0.25, 0.3) is 0 Å². The fraction of sp³-hybridized carbons (Fsp3) is 0.240. The predicted octanol–water partition coefficient (Wildman–Crippen LogP) is 5.63. The fourth-order valence-electron chi connectivity index (χ4n) is 3.94. The van der Waals surface area contributed by atoms with E-state index in [1.807, 2.05) is 12.1 Å². The van der Waals surface area contributed by atoms with Gasteiger partial charge in [0.1, 0.15) is 17.4 Å². The second-order valence-corrected chi connectivity index (χ2v) is 7.95. The lowest BCUT2D eigenvalue weighted by Gasteiger charge is -2.20. The average Bonchev–Trinajstić information content (AvgIpc) is 2.81. The van der Waals surface area contributed by atoms with Crippen molar-refractivity contribution in [2.75, 3.05) is 12.4 Å². The van der Waals surface area contributed by atoms with E-state index in [0.29, 0.717) is 40.3 Å². The van der Waals surface area contributed by atoms with E-state index in [9.17, 15) is 23.1 Å². The maximum absolute atomic E-state index is 13.1. The lowest BCUT2D eigenvalue weighted by atomic mass is 9.88. The molecule has 1 heterocycles. The standard InChI is InChI=1S/C25H22F3N3O3/c1-14-30-21-12-22(34-2)19(16-6-8-17(9-7-16)24(32)33)11-20(21)23(31-14)29-13-15-4-3-5-18(10-15)25(26,27)28/h3-6,8-12,16H,7,13H2,1-2H3,(H,32,33)(H,29,30,31). The van der Waals surface area contributed by atoms with Gasteiger partial charge < -0.3 is 15.2 Å². The van der Waals surface area contributed by atoms with Gasteiger partial charge in [-0.2, -0.15) is 13.2 Å². The van der Waals surface area contributed by atoms with Gasteiger partial charge in [-0.05, 0) is 37.1 Å². The number of anilines is 1. The Labute approximate surface area is 193 Å².